The molecule has 0 aromatic carbocycles. The van der Waals surface area contributed by atoms with Gasteiger partial charge < -0.3 is 10.2 Å². The fourth-order valence-corrected chi connectivity index (χ4v) is 0.979. The molecule has 0 saturated heterocycles. The summed E-state index contributed by atoms with van der Waals surface area (Å²) in [5.74, 6) is -1.98. The predicted molar refractivity (Wildman–Crippen MR) is 62.4 cm³/mol. The summed E-state index contributed by atoms with van der Waals surface area (Å²) < 4.78 is 0. The molecule has 0 unspecified atom stereocenters. The number of carboxylic acid groups (broad SMARTS) is 2. The summed E-state index contributed by atoms with van der Waals surface area (Å²) in [6, 6.07) is 9.51. The molecule has 7 heteroatoms. The van der Waals surface area contributed by atoms with Crippen molar-refractivity contribution in [3.8, 4) is 0 Å². The Morgan fingerprint density at radius 2 is 1.16 bits per heavy atom. The molecule has 2 rings (SSSR count). The molecule has 0 saturated carbocycles. The molecule has 0 amide bonds. The van der Waals surface area contributed by atoms with Crippen LogP contribution in [0.5, 0.6) is 0 Å². The molecule has 97 valence electrons. The number of aromatic nitrogens is 2. The summed E-state index contributed by atoms with van der Waals surface area (Å²) in [5.41, 5.74) is 0.162. The quantitative estimate of drug-likeness (QED) is 0.872. The van der Waals surface area contributed by atoms with Gasteiger partial charge in [0.1, 0.15) is 11.4 Å². The first-order valence-electron chi connectivity index (χ1n) is 4.90. The number of aromatic carboxylic acids is 2. The van der Waals surface area contributed by atoms with Crippen molar-refractivity contribution < 1.29 is 38.4 Å². The minimum Gasteiger partial charge on any atom is -0.477 e. The standard InChI is InChI=1S/2C6H5NO2.V/c2*8-6(9)5-3-1-2-4-7-5;/h2*1-4H,(H,8,9);. The Balaban J connectivity index is 0.000000324. The molecule has 2 N–H and O–H groups in total. The molecule has 0 aliphatic heterocycles. The predicted octanol–water partition coefficient (Wildman–Crippen LogP) is 1.56. The summed E-state index contributed by atoms with van der Waals surface area (Å²) in [5, 5.41) is 16.6. The molecule has 0 bridgehead atoms. The topological polar surface area (TPSA) is 100 Å². The fourth-order valence-electron chi connectivity index (χ4n) is 0.979. The number of hydrogen-bond donors (Lipinski definition) is 2. The average molecular weight is 297 g/mol. The van der Waals surface area contributed by atoms with Crippen molar-refractivity contribution in [2.24, 2.45) is 0 Å². The maximum Gasteiger partial charge on any atom is 0.354 e. The van der Waals surface area contributed by atoms with Gasteiger partial charge in [0, 0.05) is 30.9 Å². The molecular formula is C12H10N2O4V. The average Bonchev–Trinajstić information content (AvgIpc) is 2.41. The van der Waals surface area contributed by atoms with Crippen LogP contribution in [0.25, 0.3) is 0 Å². The van der Waals surface area contributed by atoms with Crippen LogP contribution in [0.2, 0.25) is 0 Å². The zero-order valence-corrected chi connectivity index (χ0v) is 11.1. The second kappa shape index (κ2) is 8.85. The summed E-state index contributed by atoms with van der Waals surface area (Å²) in [4.78, 5) is 27.4. The van der Waals surface area contributed by atoms with Gasteiger partial charge in [-0.1, -0.05) is 12.1 Å². The van der Waals surface area contributed by atoms with Gasteiger partial charge in [0.15, 0.2) is 0 Å². The minimum atomic E-state index is -0.990. The molecule has 2 aromatic heterocycles. The second-order valence-electron chi connectivity index (χ2n) is 3.04. The normalized spacial score (nSPS) is 8.42. The Morgan fingerprint density at radius 3 is 1.32 bits per heavy atom. The zero-order chi connectivity index (χ0) is 13.4. The molecule has 0 spiro atoms. The third-order valence-corrected chi connectivity index (χ3v) is 1.77. The summed E-state index contributed by atoms with van der Waals surface area (Å²) >= 11 is 0. The van der Waals surface area contributed by atoms with Crippen LogP contribution in [-0.2, 0) is 18.6 Å². The van der Waals surface area contributed by atoms with Crippen LogP contribution in [0.15, 0.2) is 48.8 Å². The molecule has 1 radical (unpaired) electrons. The maximum absolute atomic E-state index is 10.1. The first-order chi connectivity index (χ1) is 8.61. The fraction of sp³-hybridized carbons (Fsp3) is 0. The summed E-state index contributed by atoms with van der Waals surface area (Å²) in [6.07, 6.45) is 2.90. The number of pyridine rings is 2. The Morgan fingerprint density at radius 1 is 0.789 bits per heavy atom. The van der Waals surface area contributed by atoms with Gasteiger partial charge in [0.05, 0.1) is 0 Å². The van der Waals surface area contributed by atoms with Crippen LogP contribution in [0.4, 0.5) is 0 Å². The van der Waals surface area contributed by atoms with E-state index < -0.39 is 11.9 Å². The van der Waals surface area contributed by atoms with Crippen molar-refractivity contribution in [2.75, 3.05) is 0 Å². The number of nitrogens with zero attached hydrogens (tertiary/aromatic N) is 2. The molecule has 0 atom stereocenters. The van der Waals surface area contributed by atoms with Crippen LogP contribution < -0.4 is 0 Å². The molecule has 0 fully saturated rings. The molecular weight excluding hydrogens is 287 g/mol. The van der Waals surface area contributed by atoms with Gasteiger partial charge in [0.25, 0.3) is 0 Å². The first-order valence-corrected chi connectivity index (χ1v) is 4.90. The van der Waals surface area contributed by atoms with Gasteiger partial charge in [-0.2, -0.15) is 0 Å². The van der Waals surface area contributed by atoms with E-state index >= 15 is 0 Å². The molecule has 0 aliphatic carbocycles. The second-order valence-corrected chi connectivity index (χ2v) is 3.04. The van der Waals surface area contributed by atoms with E-state index in [0.717, 1.165) is 0 Å². The number of hydrogen-bond acceptors (Lipinski definition) is 4. The van der Waals surface area contributed by atoms with E-state index in [4.69, 9.17) is 10.2 Å². The van der Waals surface area contributed by atoms with E-state index in [1.165, 1.54) is 24.5 Å². The van der Waals surface area contributed by atoms with Gasteiger partial charge in [0.2, 0.25) is 0 Å². The zero-order valence-electron chi connectivity index (χ0n) is 9.67. The number of carboxylic acids is 2. The number of carbonyl (C=O) groups is 2. The Bertz CT molecular complexity index is 470. The monoisotopic (exact) mass is 297 g/mol. The van der Waals surface area contributed by atoms with Crippen molar-refractivity contribution in [3.63, 3.8) is 0 Å². The molecule has 2 aromatic rings. The summed E-state index contributed by atoms with van der Waals surface area (Å²) in [7, 11) is 0. The molecule has 0 aliphatic rings. The minimum absolute atomic E-state index is 0. The van der Waals surface area contributed by atoms with Crippen LogP contribution in [-0.4, -0.2) is 32.1 Å². The van der Waals surface area contributed by atoms with E-state index in [1.807, 2.05) is 0 Å². The molecule has 6 nitrogen and oxygen atoms in total. The van der Waals surface area contributed by atoms with Gasteiger partial charge in [-0.15, -0.1) is 0 Å². The summed E-state index contributed by atoms with van der Waals surface area (Å²) in [6.45, 7) is 0. The van der Waals surface area contributed by atoms with Crippen LogP contribution in [0.1, 0.15) is 21.0 Å². The van der Waals surface area contributed by atoms with Crippen molar-refractivity contribution in [2.45, 2.75) is 0 Å². The van der Waals surface area contributed by atoms with Gasteiger partial charge in [-0.25, -0.2) is 19.6 Å². The SMILES string of the molecule is O=C(O)c1ccccn1.O=C(O)c1ccccn1.[V]. The van der Waals surface area contributed by atoms with Crippen molar-refractivity contribution >= 4 is 11.9 Å². The van der Waals surface area contributed by atoms with Gasteiger partial charge >= 0.3 is 11.9 Å². The number of rotatable bonds is 2. The molecule has 2 heterocycles. The van der Waals surface area contributed by atoms with E-state index in [0.29, 0.717) is 0 Å². The van der Waals surface area contributed by atoms with Crippen molar-refractivity contribution in [1.29, 1.82) is 0 Å². The van der Waals surface area contributed by atoms with Crippen LogP contribution in [0.3, 0.4) is 0 Å². The van der Waals surface area contributed by atoms with Gasteiger partial charge in [-0.05, 0) is 24.3 Å². The van der Waals surface area contributed by atoms with Crippen LogP contribution >= 0.6 is 0 Å². The molecule has 19 heavy (non-hydrogen) atoms. The van der Waals surface area contributed by atoms with E-state index in [9.17, 15) is 9.59 Å². The Hall–Kier alpha value is -2.18. The Labute approximate surface area is 121 Å². The van der Waals surface area contributed by atoms with Gasteiger partial charge in [-0.3, -0.25) is 0 Å². The third-order valence-electron chi connectivity index (χ3n) is 1.77. The van der Waals surface area contributed by atoms with E-state index in [2.05, 4.69) is 9.97 Å². The smallest absolute Gasteiger partial charge is 0.354 e. The third kappa shape index (κ3) is 6.35. The Kier molecular flexibility index (Phi) is 7.84. The van der Waals surface area contributed by atoms with E-state index in [-0.39, 0.29) is 29.9 Å². The largest absolute Gasteiger partial charge is 0.477 e. The van der Waals surface area contributed by atoms with Crippen molar-refractivity contribution in [3.05, 3.63) is 60.2 Å². The van der Waals surface area contributed by atoms with Crippen molar-refractivity contribution in [1.82, 2.24) is 9.97 Å². The van der Waals surface area contributed by atoms with E-state index in [1.54, 1.807) is 24.3 Å². The first kappa shape index (κ1) is 16.8. The van der Waals surface area contributed by atoms with Crippen LogP contribution in [0, 0.1) is 0 Å². The maximum atomic E-state index is 10.1.